The van der Waals surface area contributed by atoms with Crippen LogP contribution in [0.1, 0.15) is 49.7 Å². The first-order valence-corrected chi connectivity index (χ1v) is 9.71. The number of carbonyl (C=O) groups is 1. The van der Waals surface area contributed by atoms with E-state index in [1.807, 2.05) is 30.3 Å². The third-order valence-corrected chi connectivity index (χ3v) is 6.29. The van der Waals surface area contributed by atoms with E-state index in [1.165, 1.54) is 25.0 Å². The fraction of sp³-hybridized carbons (Fsp3) is 0.435. The number of hydrogen-bond donors (Lipinski definition) is 0. The van der Waals surface area contributed by atoms with E-state index in [1.54, 1.807) is 12.1 Å². The zero-order chi connectivity index (χ0) is 18.9. The van der Waals surface area contributed by atoms with Crippen LogP contribution in [-0.4, -0.2) is 12.6 Å². The minimum atomic E-state index is -1.02. The van der Waals surface area contributed by atoms with E-state index in [0.717, 1.165) is 11.1 Å². The number of rotatable bonds is 6. The van der Waals surface area contributed by atoms with Crippen molar-refractivity contribution in [2.45, 2.75) is 49.5 Å². The molecule has 5 heteroatoms. The first-order chi connectivity index (χ1) is 13.0. The number of carboxylic acid groups (broad SMARTS) is 1. The van der Waals surface area contributed by atoms with Gasteiger partial charge in [-0.1, -0.05) is 42.5 Å². The molecule has 0 bridgehead atoms. The average molecular weight is 390 g/mol. The number of carboxylic acids is 1. The summed E-state index contributed by atoms with van der Waals surface area (Å²) in [6, 6.07) is 15.8. The molecule has 0 spiro atoms. The Morgan fingerprint density at radius 2 is 1.57 bits per heavy atom. The molecule has 2 aliphatic carbocycles. The van der Waals surface area contributed by atoms with Gasteiger partial charge in [0.2, 0.25) is 0 Å². The molecule has 28 heavy (non-hydrogen) atoms. The molecule has 2 aromatic carbocycles. The standard InChI is InChI=1S/C23H25FO3.Na/c24-20-10-8-19(9-11-20)23(27-16-17-6-7-17)14-12-22(13-15-23,21(25)26)18-4-2-1-3-5-18;/h1-5,8-11,17H,6-7,12-16H2,(H,25,26);/q;+1/p-1. The van der Waals surface area contributed by atoms with Crippen molar-refractivity contribution in [2.75, 3.05) is 6.61 Å². The number of halogens is 1. The summed E-state index contributed by atoms with van der Waals surface area (Å²) < 4.78 is 19.8. The molecule has 0 heterocycles. The first kappa shape index (κ1) is 21.5. The van der Waals surface area contributed by atoms with Crippen LogP contribution >= 0.6 is 0 Å². The summed E-state index contributed by atoms with van der Waals surface area (Å²) in [7, 11) is 0. The Kier molecular flexibility index (Phi) is 6.65. The summed E-state index contributed by atoms with van der Waals surface area (Å²) >= 11 is 0. The Morgan fingerprint density at radius 1 is 0.964 bits per heavy atom. The summed E-state index contributed by atoms with van der Waals surface area (Å²) in [5, 5.41) is 12.1. The van der Waals surface area contributed by atoms with E-state index in [9.17, 15) is 14.3 Å². The van der Waals surface area contributed by atoms with E-state index < -0.39 is 17.0 Å². The predicted molar refractivity (Wildman–Crippen MR) is 98.3 cm³/mol. The van der Waals surface area contributed by atoms with Gasteiger partial charge in [0.1, 0.15) is 5.82 Å². The first-order valence-electron chi connectivity index (χ1n) is 9.71. The van der Waals surface area contributed by atoms with Gasteiger partial charge < -0.3 is 14.6 Å². The second-order valence-electron chi connectivity index (χ2n) is 7.99. The van der Waals surface area contributed by atoms with E-state index in [0.29, 0.717) is 38.2 Å². The molecule has 2 aliphatic rings. The maximum atomic E-state index is 13.4. The number of ether oxygens (including phenoxy) is 1. The van der Waals surface area contributed by atoms with Crippen molar-refractivity contribution < 1.29 is 48.6 Å². The summed E-state index contributed by atoms with van der Waals surface area (Å²) in [5.41, 5.74) is 0.182. The van der Waals surface area contributed by atoms with Crippen LogP contribution in [0.5, 0.6) is 0 Å². The molecule has 0 unspecified atom stereocenters. The number of aliphatic carboxylic acids is 1. The monoisotopic (exact) mass is 390 g/mol. The molecule has 2 aromatic rings. The third-order valence-electron chi connectivity index (χ3n) is 6.29. The van der Waals surface area contributed by atoms with Crippen LogP contribution in [0.25, 0.3) is 0 Å². The van der Waals surface area contributed by atoms with Crippen LogP contribution in [0.3, 0.4) is 0 Å². The molecule has 0 radical (unpaired) electrons. The van der Waals surface area contributed by atoms with E-state index in [-0.39, 0.29) is 35.4 Å². The molecule has 0 saturated heterocycles. The molecular weight excluding hydrogens is 366 g/mol. The van der Waals surface area contributed by atoms with Gasteiger partial charge in [-0.15, -0.1) is 0 Å². The van der Waals surface area contributed by atoms with Crippen molar-refractivity contribution in [1.29, 1.82) is 0 Å². The normalized spacial score (nSPS) is 27.0. The second-order valence-corrected chi connectivity index (χ2v) is 7.99. The van der Waals surface area contributed by atoms with Gasteiger partial charge in [-0.3, -0.25) is 0 Å². The van der Waals surface area contributed by atoms with Gasteiger partial charge in [0.25, 0.3) is 0 Å². The van der Waals surface area contributed by atoms with Gasteiger partial charge >= 0.3 is 29.6 Å². The van der Waals surface area contributed by atoms with Crippen molar-refractivity contribution in [3.8, 4) is 0 Å². The largest absolute Gasteiger partial charge is 1.00 e. The minimum Gasteiger partial charge on any atom is -0.549 e. The topological polar surface area (TPSA) is 49.4 Å². The van der Waals surface area contributed by atoms with Crippen molar-refractivity contribution in [3.05, 3.63) is 71.5 Å². The molecular formula is C23H24FNaO3. The van der Waals surface area contributed by atoms with Crippen LogP contribution in [-0.2, 0) is 20.5 Å². The van der Waals surface area contributed by atoms with Crippen LogP contribution in [0.2, 0.25) is 0 Å². The Labute approximate surface area is 187 Å². The zero-order valence-electron chi connectivity index (χ0n) is 16.3. The molecule has 0 aromatic heterocycles. The second kappa shape index (κ2) is 8.66. The Balaban J connectivity index is 0.00000225. The molecule has 4 rings (SSSR count). The van der Waals surface area contributed by atoms with Gasteiger partial charge in [0, 0.05) is 5.41 Å². The Morgan fingerprint density at radius 3 is 2.11 bits per heavy atom. The molecule has 0 aliphatic heterocycles. The number of hydrogen-bond acceptors (Lipinski definition) is 3. The zero-order valence-corrected chi connectivity index (χ0v) is 18.3. The van der Waals surface area contributed by atoms with Crippen LogP contribution in [0.15, 0.2) is 54.6 Å². The Bertz CT molecular complexity index is 794. The smallest absolute Gasteiger partial charge is 0.549 e. The van der Waals surface area contributed by atoms with E-state index in [2.05, 4.69) is 0 Å². The van der Waals surface area contributed by atoms with Gasteiger partial charge in [-0.25, -0.2) is 4.39 Å². The number of carbonyl (C=O) groups excluding carboxylic acids is 1. The average Bonchev–Trinajstić information content (AvgIpc) is 3.52. The summed E-state index contributed by atoms with van der Waals surface area (Å²) in [6.45, 7) is 0.682. The fourth-order valence-corrected chi connectivity index (χ4v) is 4.28. The van der Waals surface area contributed by atoms with Crippen molar-refractivity contribution in [2.24, 2.45) is 5.92 Å². The van der Waals surface area contributed by atoms with E-state index >= 15 is 0 Å². The fourth-order valence-electron chi connectivity index (χ4n) is 4.28. The van der Waals surface area contributed by atoms with Gasteiger partial charge in [0.05, 0.1) is 18.2 Å². The molecule has 0 amide bonds. The summed E-state index contributed by atoms with van der Waals surface area (Å²) in [6.07, 6.45) is 4.42. The molecule has 0 N–H and O–H groups in total. The quantitative estimate of drug-likeness (QED) is 0.683. The van der Waals surface area contributed by atoms with Crippen LogP contribution < -0.4 is 34.7 Å². The molecule has 0 atom stereocenters. The van der Waals surface area contributed by atoms with Crippen molar-refractivity contribution in [3.63, 3.8) is 0 Å². The molecule has 3 nitrogen and oxygen atoms in total. The molecule has 2 fully saturated rings. The number of benzene rings is 2. The predicted octanol–water partition coefficient (Wildman–Crippen LogP) is 0.714. The Hall–Kier alpha value is -1.20. The summed E-state index contributed by atoms with van der Waals surface area (Å²) in [4.78, 5) is 12.1. The SMILES string of the molecule is O=C([O-])C1(c2ccccc2)CCC(OCC2CC2)(c2ccc(F)cc2)CC1.[Na+]. The maximum absolute atomic E-state index is 13.4. The minimum absolute atomic E-state index is 0. The van der Waals surface area contributed by atoms with Crippen LogP contribution in [0.4, 0.5) is 4.39 Å². The van der Waals surface area contributed by atoms with Crippen LogP contribution in [0, 0.1) is 11.7 Å². The van der Waals surface area contributed by atoms with E-state index in [4.69, 9.17) is 4.74 Å². The van der Waals surface area contributed by atoms with Crippen molar-refractivity contribution >= 4 is 5.97 Å². The molecule has 2 saturated carbocycles. The third kappa shape index (κ3) is 4.20. The van der Waals surface area contributed by atoms with Gasteiger partial charge in [-0.2, -0.15) is 0 Å². The summed E-state index contributed by atoms with van der Waals surface area (Å²) in [5.74, 6) is -0.701. The van der Waals surface area contributed by atoms with Gasteiger partial charge in [0.15, 0.2) is 0 Å². The van der Waals surface area contributed by atoms with Crippen molar-refractivity contribution in [1.82, 2.24) is 0 Å². The maximum Gasteiger partial charge on any atom is 1.00 e. The molecule has 142 valence electrons. The van der Waals surface area contributed by atoms with Gasteiger partial charge in [-0.05, 0) is 67.7 Å².